The summed E-state index contributed by atoms with van der Waals surface area (Å²) in [5, 5.41) is 4.23. The largest absolute Gasteiger partial charge is 0.489 e. The van der Waals surface area contributed by atoms with E-state index in [2.05, 4.69) is 19.0 Å². The third-order valence-electron chi connectivity index (χ3n) is 4.31. The highest BCUT2D eigenvalue weighted by molar-refractivity contribution is 5.26. The van der Waals surface area contributed by atoms with Crippen LogP contribution in [0.25, 0.3) is 0 Å². The van der Waals surface area contributed by atoms with Crippen LogP contribution >= 0.6 is 0 Å². The molecule has 1 heterocycles. The van der Waals surface area contributed by atoms with Gasteiger partial charge >= 0.3 is 0 Å². The molecule has 0 aliphatic heterocycles. The Bertz CT molecular complexity index is 600. The molecule has 0 amide bonds. The molecule has 1 aromatic heterocycles. The van der Waals surface area contributed by atoms with Gasteiger partial charge in [-0.05, 0) is 25.0 Å². The number of hydrogen-bond donors (Lipinski definition) is 0. The summed E-state index contributed by atoms with van der Waals surface area (Å²) in [7, 11) is 0. The molecule has 1 aliphatic carbocycles. The second kappa shape index (κ2) is 7.64. The molecule has 0 N–H and O–H groups in total. The number of benzene rings is 1. The molecule has 0 spiro atoms. The van der Waals surface area contributed by atoms with Gasteiger partial charge in [-0.15, -0.1) is 0 Å². The molecule has 23 heavy (non-hydrogen) atoms. The highest BCUT2D eigenvalue weighted by atomic mass is 16.5. The van der Waals surface area contributed by atoms with Crippen LogP contribution in [-0.4, -0.2) is 11.3 Å². The average molecular weight is 315 g/mol. The maximum absolute atomic E-state index is 6.00. The van der Waals surface area contributed by atoms with Crippen molar-refractivity contribution in [3.63, 3.8) is 0 Å². The van der Waals surface area contributed by atoms with Crippen molar-refractivity contribution in [3.05, 3.63) is 47.3 Å². The molecule has 4 heteroatoms. The molecular weight excluding hydrogens is 290 g/mol. The highest BCUT2D eigenvalue weighted by Gasteiger charge is 2.22. The van der Waals surface area contributed by atoms with Crippen molar-refractivity contribution >= 4 is 0 Å². The second-order valence-electron chi connectivity index (χ2n) is 6.45. The van der Waals surface area contributed by atoms with E-state index in [9.17, 15) is 0 Å². The van der Waals surface area contributed by atoms with Crippen molar-refractivity contribution < 1.29 is 14.0 Å². The normalized spacial score (nSPS) is 15.4. The van der Waals surface area contributed by atoms with Crippen LogP contribution < -0.4 is 4.74 Å². The van der Waals surface area contributed by atoms with Gasteiger partial charge in [-0.3, -0.25) is 0 Å². The van der Waals surface area contributed by atoms with Crippen LogP contribution in [0.1, 0.15) is 62.5 Å². The first kappa shape index (κ1) is 16.1. The van der Waals surface area contributed by atoms with E-state index in [0.717, 1.165) is 35.6 Å². The molecule has 1 aromatic carbocycles. The zero-order valence-corrected chi connectivity index (χ0v) is 14.0. The monoisotopic (exact) mass is 315 g/mol. The minimum absolute atomic E-state index is 0.275. The van der Waals surface area contributed by atoms with Gasteiger partial charge in [0.2, 0.25) is 0 Å². The van der Waals surface area contributed by atoms with E-state index in [1.54, 1.807) is 0 Å². The van der Waals surface area contributed by atoms with Crippen molar-refractivity contribution in [2.75, 3.05) is 0 Å². The van der Waals surface area contributed by atoms with Crippen LogP contribution in [-0.2, 0) is 18.0 Å². The van der Waals surface area contributed by atoms with Crippen molar-refractivity contribution in [2.45, 2.75) is 64.8 Å². The summed E-state index contributed by atoms with van der Waals surface area (Å²) in [5.41, 5.74) is 1.90. The third-order valence-corrected chi connectivity index (χ3v) is 4.31. The van der Waals surface area contributed by atoms with E-state index in [-0.39, 0.29) is 5.92 Å². The smallest absolute Gasteiger partial charge is 0.146 e. The van der Waals surface area contributed by atoms with Crippen LogP contribution in [0.5, 0.6) is 5.75 Å². The van der Waals surface area contributed by atoms with Crippen LogP contribution in [0.15, 0.2) is 34.9 Å². The topological polar surface area (TPSA) is 44.5 Å². The summed E-state index contributed by atoms with van der Waals surface area (Å²) >= 11 is 0. The van der Waals surface area contributed by atoms with Gasteiger partial charge in [-0.2, -0.15) is 0 Å². The Hall–Kier alpha value is -1.81. The molecule has 0 unspecified atom stereocenters. The van der Waals surface area contributed by atoms with Gasteiger partial charge in [0.1, 0.15) is 23.8 Å². The summed E-state index contributed by atoms with van der Waals surface area (Å²) < 4.78 is 17.4. The van der Waals surface area contributed by atoms with Gasteiger partial charge in [-0.25, -0.2) is 0 Å². The minimum atomic E-state index is 0.275. The quantitative estimate of drug-likeness (QED) is 0.733. The van der Waals surface area contributed by atoms with E-state index >= 15 is 0 Å². The Labute approximate surface area is 137 Å². The lowest BCUT2D eigenvalue weighted by molar-refractivity contribution is 0.0416. The highest BCUT2D eigenvalue weighted by Crippen LogP contribution is 2.27. The molecule has 124 valence electrons. The number of ether oxygens (including phenoxy) is 2. The van der Waals surface area contributed by atoms with Crippen LogP contribution in [0.3, 0.4) is 0 Å². The molecule has 4 nitrogen and oxygen atoms in total. The molecule has 0 saturated heterocycles. The number of rotatable bonds is 7. The maximum atomic E-state index is 6.00. The average Bonchev–Trinajstić information content (AvgIpc) is 3.21. The Morgan fingerprint density at radius 2 is 1.87 bits per heavy atom. The van der Waals surface area contributed by atoms with Gasteiger partial charge in [0, 0.05) is 5.92 Å². The zero-order chi connectivity index (χ0) is 16.1. The molecule has 1 aliphatic rings. The summed E-state index contributed by atoms with van der Waals surface area (Å²) in [4.78, 5) is 0. The van der Waals surface area contributed by atoms with Crippen molar-refractivity contribution in [2.24, 2.45) is 0 Å². The number of hydrogen-bond acceptors (Lipinski definition) is 4. The lowest BCUT2D eigenvalue weighted by Gasteiger charge is -2.12. The number of nitrogens with zero attached hydrogens (tertiary/aromatic N) is 1. The van der Waals surface area contributed by atoms with Crippen molar-refractivity contribution in [3.8, 4) is 5.75 Å². The van der Waals surface area contributed by atoms with E-state index < -0.39 is 0 Å². The first-order valence-electron chi connectivity index (χ1n) is 8.51. The number of para-hydroxylation sites is 1. The molecule has 0 radical (unpaired) electrons. The molecule has 1 fully saturated rings. The van der Waals surface area contributed by atoms with E-state index in [4.69, 9.17) is 14.0 Å². The first-order chi connectivity index (χ1) is 11.2. The maximum Gasteiger partial charge on any atom is 0.146 e. The fourth-order valence-electron chi connectivity index (χ4n) is 3.00. The molecular formula is C19H25NO3. The summed E-state index contributed by atoms with van der Waals surface area (Å²) in [6.07, 6.45) is 5.22. The third kappa shape index (κ3) is 4.14. The van der Waals surface area contributed by atoms with Crippen LogP contribution in [0.4, 0.5) is 0 Å². The Morgan fingerprint density at radius 3 is 2.57 bits per heavy atom. The molecule has 3 rings (SSSR count). The zero-order valence-electron chi connectivity index (χ0n) is 14.0. The Morgan fingerprint density at radius 1 is 1.13 bits per heavy atom. The van der Waals surface area contributed by atoms with Crippen molar-refractivity contribution in [1.82, 2.24) is 5.16 Å². The van der Waals surface area contributed by atoms with Gasteiger partial charge < -0.3 is 14.0 Å². The standard InChI is InChI=1S/C19H25NO3/c1-14(2)19-17(12-21-15-8-4-3-5-9-15)18(20-23-19)13-22-16-10-6-7-11-16/h3-5,8-9,14,16H,6-7,10-13H2,1-2H3. The summed E-state index contributed by atoms with van der Waals surface area (Å²) in [6.45, 7) is 5.18. The Balaban J connectivity index is 1.68. The van der Waals surface area contributed by atoms with E-state index in [1.165, 1.54) is 12.8 Å². The minimum Gasteiger partial charge on any atom is -0.489 e. The summed E-state index contributed by atoms with van der Waals surface area (Å²) in [5.74, 6) is 2.02. The van der Waals surface area contributed by atoms with Gasteiger partial charge in [0.05, 0.1) is 18.3 Å². The lowest BCUT2D eigenvalue weighted by atomic mass is 10.1. The number of aromatic nitrogens is 1. The summed E-state index contributed by atoms with van der Waals surface area (Å²) in [6, 6.07) is 9.83. The molecule has 1 saturated carbocycles. The first-order valence-corrected chi connectivity index (χ1v) is 8.51. The SMILES string of the molecule is CC(C)c1onc(COC2CCCC2)c1COc1ccccc1. The van der Waals surface area contributed by atoms with Gasteiger partial charge in [0.25, 0.3) is 0 Å². The van der Waals surface area contributed by atoms with Gasteiger partial charge in [-0.1, -0.05) is 50.0 Å². The Kier molecular flexibility index (Phi) is 5.34. The van der Waals surface area contributed by atoms with E-state index in [0.29, 0.717) is 19.3 Å². The molecule has 0 bridgehead atoms. The van der Waals surface area contributed by atoms with Crippen LogP contribution in [0.2, 0.25) is 0 Å². The van der Waals surface area contributed by atoms with Crippen LogP contribution in [0, 0.1) is 0 Å². The lowest BCUT2D eigenvalue weighted by Crippen LogP contribution is -2.09. The second-order valence-corrected chi connectivity index (χ2v) is 6.45. The van der Waals surface area contributed by atoms with Crippen molar-refractivity contribution in [1.29, 1.82) is 0 Å². The van der Waals surface area contributed by atoms with Gasteiger partial charge in [0.15, 0.2) is 0 Å². The fourth-order valence-corrected chi connectivity index (χ4v) is 3.00. The van der Waals surface area contributed by atoms with E-state index in [1.807, 2.05) is 30.3 Å². The molecule has 0 atom stereocenters. The fraction of sp³-hybridized carbons (Fsp3) is 0.526. The predicted molar refractivity (Wildman–Crippen MR) is 88.4 cm³/mol. The molecule has 2 aromatic rings. The predicted octanol–water partition coefficient (Wildman–Crippen LogP) is 4.84.